The van der Waals surface area contributed by atoms with Crippen LogP contribution >= 0.6 is 22.9 Å². The Kier molecular flexibility index (Phi) is 6.15. The number of nitrogens with zero attached hydrogens (tertiary/aromatic N) is 3. The van der Waals surface area contributed by atoms with Gasteiger partial charge in [0.15, 0.2) is 5.13 Å². The van der Waals surface area contributed by atoms with E-state index in [0.29, 0.717) is 27.8 Å². The summed E-state index contributed by atoms with van der Waals surface area (Å²) in [6.45, 7) is 0.322. The number of hydrogen-bond donors (Lipinski definition) is 0. The minimum absolute atomic E-state index is 0.123. The number of thiazole rings is 1. The normalized spacial score (nSPS) is 10.9. The van der Waals surface area contributed by atoms with Gasteiger partial charge in [-0.25, -0.2) is 4.98 Å². The number of carbonyl (C=O) groups excluding carboxylic acids is 1. The molecule has 4 nitrogen and oxygen atoms in total. The zero-order valence-electron chi connectivity index (χ0n) is 17.7. The van der Waals surface area contributed by atoms with E-state index in [2.05, 4.69) is 17.1 Å². The number of anilines is 1. The van der Waals surface area contributed by atoms with Crippen LogP contribution in [0.25, 0.3) is 10.2 Å². The van der Waals surface area contributed by atoms with Gasteiger partial charge >= 0.3 is 0 Å². The molecule has 0 atom stereocenters. The molecular weight excluding hydrogens is 450 g/mol. The summed E-state index contributed by atoms with van der Waals surface area (Å²) in [7, 11) is 0. The van der Waals surface area contributed by atoms with Crippen LogP contribution in [-0.4, -0.2) is 15.9 Å². The molecule has 33 heavy (non-hydrogen) atoms. The molecule has 5 aromatic rings. The molecule has 2 heterocycles. The van der Waals surface area contributed by atoms with Crippen LogP contribution in [0.1, 0.15) is 27.2 Å². The molecular formula is C27H20ClN3OS. The summed E-state index contributed by atoms with van der Waals surface area (Å²) in [4.78, 5) is 24.4. The molecule has 0 saturated carbocycles. The SMILES string of the molecule is O=C(c1ccc(Cc2ccccc2)cc1)N(Cc1ccccn1)c1nc2c(Cl)cccc2s1. The van der Waals surface area contributed by atoms with E-state index in [1.165, 1.54) is 16.9 Å². The Morgan fingerprint density at radius 2 is 1.61 bits per heavy atom. The van der Waals surface area contributed by atoms with Crippen LogP contribution in [0, 0.1) is 0 Å². The number of aromatic nitrogens is 2. The van der Waals surface area contributed by atoms with E-state index in [9.17, 15) is 4.79 Å². The van der Waals surface area contributed by atoms with Crippen molar-refractivity contribution in [1.29, 1.82) is 0 Å². The van der Waals surface area contributed by atoms with Crippen molar-refractivity contribution in [3.63, 3.8) is 0 Å². The lowest BCUT2D eigenvalue weighted by atomic mass is 10.0. The summed E-state index contributed by atoms with van der Waals surface area (Å²) in [5.41, 5.74) is 4.49. The second-order valence-electron chi connectivity index (χ2n) is 7.65. The second-order valence-corrected chi connectivity index (χ2v) is 9.07. The van der Waals surface area contributed by atoms with Gasteiger partial charge in [-0.15, -0.1) is 0 Å². The molecule has 0 aliphatic rings. The van der Waals surface area contributed by atoms with Gasteiger partial charge in [0.2, 0.25) is 0 Å². The zero-order chi connectivity index (χ0) is 22.6. The van der Waals surface area contributed by atoms with Gasteiger partial charge in [-0.05, 0) is 53.9 Å². The molecule has 0 fully saturated rings. The van der Waals surface area contributed by atoms with Crippen molar-refractivity contribution < 1.29 is 4.79 Å². The first kappa shape index (κ1) is 21.3. The highest BCUT2D eigenvalue weighted by Crippen LogP contribution is 2.34. The monoisotopic (exact) mass is 469 g/mol. The van der Waals surface area contributed by atoms with E-state index in [1.807, 2.05) is 78.9 Å². The number of amides is 1. The van der Waals surface area contributed by atoms with Gasteiger partial charge in [0.1, 0.15) is 5.52 Å². The lowest BCUT2D eigenvalue weighted by Gasteiger charge is -2.20. The molecule has 1 amide bonds. The number of para-hydroxylation sites is 1. The van der Waals surface area contributed by atoms with Gasteiger partial charge in [0, 0.05) is 11.8 Å². The summed E-state index contributed by atoms with van der Waals surface area (Å²) >= 11 is 7.79. The quantitative estimate of drug-likeness (QED) is 0.275. The first-order valence-corrected chi connectivity index (χ1v) is 11.8. The molecule has 0 aliphatic carbocycles. The van der Waals surface area contributed by atoms with E-state index in [1.54, 1.807) is 11.1 Å². The maximum absolute atomic E-state index is 13.6. The van der Waals surface area contributed by atoms with E-state index in [0.717, 1.165) is 22.4 Å². The van der Waals surface area contributed by atoms with Gasteiger partial charge in [-0.2, -0.15) is 0 Å². The Morgan fingerprint density at radius 3 is 2.33 bits per heavy atom. The third-order valence-electron chi connectivity index (χ3n) is 5.33. The van der Waals surface area contributed by atoms with Crippen LogP contribution in [0.3, 0.4) is 0 Å². The predicted octanol–water partition coefficient (Wildman–Crippen LogP) is 6.78. The van der Waals surface area contributed by atoms with Crippen LogP contribution in [0.4, 0.5) is 5.13 Å². The third kappa shape index (κ3) is 4.80. The number of rotatable bonds is 6. The fourth-order valence-electron chi connectivity index (χ4n) is 3.65. The first-order chi connectivity index (χ1) is 16.2. The van der Waals surface area contributed by atoms with E-state index in [-0.39, 0.29) is 5.91 Å². The standard InChI is InChI=1S/C27H20ClN3OS/c28-23-10-6-11-24-25(23)30-27(33-24)31(18-22-9-4-5-16-29-22)26(32)21-14-12-20(13-15-21)17-19-7-2-1-3-8-19/h1-16H,17-18H2. The Bertz CT molecular complexity index is 1390. The van der Waals surface area contributed by atoms with Crippen LogP contribution in [0.2, 0.25) is 5.02 Å². The Morgan fingerprint density at radius 1 is 0.848 bits per heavy atom. The van der Waals surface area contributed by atoms with Crippen molar-refractivity contribution in [2.75, 3.05) is 4.90 Å². The second kappa shape index (κ2) is 9.53. The lowest BCUT2D eigenvalue weighted by molar-refractivity contribution is 0.0985. The molecule has 0 unspecified atom stereocenters. The molecule has 0 N–H and O–H groups in total. The molecule has 6 heteroatoms. The number of pyridine rings is 1. The summed E-state index contributed by atoms with van der Waals surface area (Å²) in [6.07, 6.45) is 2.55. The summed E-state index contributed by atoms with van der Waals surface area (Å²) < 4.78 is 0.939. The summed E-state index contributed by atoms with van der Waals surface area (Å²) in [5.74, 6) is -0.123. The summed E-state index contributed by atoms with van der Waals surface area (Å²) in [6, 6.07) is 29.4. The van der Waals surface area contributed by atoms with Crippen LogP contribution < -0.4 is 4.90 Å². The third-order valence-corrected chi connectivity index (χ3v) is 6.68. The Labute approximate surface area is 201 Å². The van der Waals surface area contributed by atoms with Crippen LogP contribution in [-0.2, 0) is 13.0 Å². The maximum Gasteiger partial charge on any atom is 0.260 e. The molecule has 5 rings (SSSR count). The number of fused-ring (bicyclic) bond motifs is 1. The fraction of sp³-hybridized carbons (Fsp3) is 0.0741. The smallest absolute Gasteiger partial charge is 0.260 e. The average Bonchev–Trinajstić information content (AvgIpc) is 3.29. The molecule has 2 aromatic heterocycles. The zero-order valence-corrected chi connectivity index (χ0v) is 19.3. The number of halogens is 1. The van der Waals surface area contributed by atoms with Crippen molar-refractivity contribution in [1.82, 2.24) is 9.97 Å². The number of hydrogen-bond acceptors (Lipinski definition) is 4. The van der Waals surface area contributed by atoms with Crippen LogP contribution in [0.5, 0.6) is 0 Å². The largest absolute Gasteiger partial charge is 0.278 e. The Hall–Kier alpha value is -3.54. The molecule has 0 radical (unpaired) electrons. The number of benzene rings is 3. The molecule has 0 bridgehead atoms. The topological polar surface area (TPSA) is 46.1 Å². The first-order valence-electron chi connectivity index (χ1n) is 10.6. The average molecular weight is 470 g/mol. The number of carbonyl (C=O) groups is 1. The van der Waals surface area contributed by atoms with Crippen molar-refractivity contribution in [2.45, 2.75) is 13.0 Å². The maximum atomic E-state index is 13.6. The molecule has 0 aliphatic heterocycles. The van der Waals surface area contributed by atoms with Gasteiger partial charge < -0.3 is 0 Å². The minimum atomic E-state index is -0.123. The Balaban J connectivity index is 1.46. The highest BCUT2D eigenvalue weighted by atomic mass is 35.5. The van der Waals surface area contributed by atoms with Gasteiger partial charge in [0.05, 0.1) is 22.0 Å². The fourth-order valence-corrected chi connectivity index (χ4v) is 4.91. The van der Waals surface area contributed by atoms with E-state index < -0.39 is 0 Å². The molecule has 162 valence electrons. The summed E-state index contributed by atoms with van der Waals surface area (Å²) in [5, 5.41) is 1.17. The van der Waals surface area contributed by atoms with Gasteiger partial charge in [-0.3, -0.25) is 14.7 Å². The van der Waals surface area contributed by atoms with Crippen molar-refractivity contribution in [3.8, 4) is 0 Å². The van der Waals surface area contributed by atoms with Crippen molar-refractivity contribution >= 4 is 44.2 Å². The van der Waals surface area contributed by atoms with E-state index in [4.69, 9.17) is 16.6 Å². The molecule has 0 saturated heterocycles. The van der Waals surface area contributed by atoms with Gasteiger partial charge in [-0.1, -0.05) is 77.5 Å². The molecule has 3 aromatic carbocycles. The van der Waals surface area contributed by atoms with Crippen molar-refractivity contribution in [2.24, 2.45) is 0 Å². The lowest BCUT2D eigenvalue weighted by Crippen LogP contribution is -2.30. The predicted molar refractivity (Wildman–Crippen MR) is 135 cm³/mol. The van der Waals surface area contributed by atoms with Gasteiger partial charge in [0.25, 0.3) is 5.91 Å². The highest BCUT2D eigenvalue weighted by Gasteiger charge is 2.23. The van der Waals surface area contributed by atoms with E-state index >= 15 is 0 Å². The minimum Gasteiger partial charge on any atom is -0.278 e. The highest BCUT2D eigenvalue weighted by molar-refractivity contribution is 7.22. The van der Waals surface area contributed by atoms with Crippen LogP contribution in [0.15, 0.2) is 97.2 Å². The van der Waals surface area contributed by atoms with Crippen molar-refractivity contribution in [3.05, 3.63) is 125 Å². The molecule has 0 spiro atoms.